The first kappa shape index (κ1) is 23.7. The summed E-state index contributed by atoms with van der Waals surface area (Å²) in [5.74, 6) is 0.711. The number of amides is 1. The van der Waals surface area contributed by atoms with Crippen molar-refractivity contribution in [3.63, 3.8) is 0 Å². The Bertz CT molecular complexity index is 799. The zero-order valence-electron chi connectivity index (χ0n) is 18.6. The number of ether oxygens (including phenoxy) is 1. The molecule has 1 amide bonds. The number of carbonyl (C=O) groups excluding carboxylic acids is 1. The summed E-state index contributed by atoms with van der Waals surface area (Å²) < 4.78 is 29.9. The van der Waals surface area contributed by atoms with Crippen LogP contribution in [-0.2, 0) is 20.0 Å². The highest BCUT2D eigenvalue weighted by Crippen LogP contribution is 2.26. The summed E-state index contributed by atoms with van der Waals surface area (Å²) in [6.07, 6.45) is 0.622. The second-order valence-corrected chi connectivity index (χ2v) is 11.5. The summed E-state index contributed by atoms with van der Waals surface area (Å²) in [4.78, 5) is 17.0. The summed E-state index contributed by atoms with van der Waals surface area (Å²) in [7, 11) is 0.905. The van der Waals surface area contributed by atoms with E-state index < -0.39 is 15.9 Å². The molecule has 0 spiro atoms. The quantitative estimate of drug-likeness (QED) is 0.642. The monoisotopic (exact) mass is 424 g/mol. The molecule has 1 heterocycles. The van der Waals surface area contributed by atoms with Crippen LogP contribution in [0.5, 0.6) is 5.75 Å². The van der Waals surface area contributed by atoms with Gasteiger partial charge in [0.25, 0.3) is 5.91 Å². The Morgan fingerprint density at radius 2 is 1.93 bits per heavy atom. The van der Waals surface area contributed by atoms with Crippen molar-refractivity contribution in [2.24, 2.45) is 0 Å². The van der Waals surface area contributed by atoms with Gasteiger partial charge in [0.05, 0.1) is 11.5 Å². The van der Waals surface area contributed by atoms with Crippen molar-refractivity contribution >= 4 is 15.7 Å². The van der Waals surface area contributed by atoms with Crippen molar-refractivity contribution in [1.82, 2.24) is 9.80 Å². The normalized spacial score (nSPS) is 19.9. The van der Waals surface area contributed by atoms with Crippen LogP contribution in [0.4, 0.5) is 0 Å². The molecular formula is C22H36N2O4S. The molecule has 6 nitrogen and oxygen atoms in total. The predicted molar refractivity (Wildman–Crippen MR) is 117 cm³/mol. The van der Waals surface area contributed by atoms with Crippen LogP contribution in [0.2, 0.25) is 0 Å². The van der Waals surface area contributed by atoms with Gasteiger partial charge in [-0.15, -0.1) is 0 Å². The minimum Gasteiger partial charge on any atom is -0.481 e. The Hall–Kier alpha value is -1.60. The number of sulfone groups is 1. The molecule has 1 aromatic carbocycles. The average Bonchev–Trinajstić information content (AvgIpc) is 2.97. The largest absolute Gasteiger partial charge is 0.481 e. The lowest BCUT2D eigenvalue weighted by Gasteiger charge is -2.31. The summed E-state index contributed by atoms with van der Waals surface area (Å²) >= 11 is 0. The van der Waals surface area contributed by atoms with Gasteiger partial charge in [-0.05, 0) is 63.5 Å². The molecule has 0 aliphatic carbocycles. The van der Waals surface area contributed by atoms with Gasteiger partial charge in [-0.3, -0.25) is 4.79 Å². The van der Waals surface area contributed by atoms with Gasteiger partial charge in [0.1, 0.15) is 5.75 Å². The molecule has 0 saturated carbocycles. The zero-order valence-corrected chi connectivity index (χ0v) is 19.5. The van der Waals surface area contributed by atoms with Crippen molar-refractivity contribution in [3.8, 4) is 5.75 Å². The van der Waals surface area contributed by atoms with E-state index in [4.69, 9.17) is 4.74 Å². The van der Waals surface area contributed by atoms with Gasteiger partial charge in [-0.1, -0.05) is 32.9 Å². The van der Waals surface area contributed by atoms with Gasteiger partial charge in [0.15, 0.2) is 15.9 Å². The van der Waals surface area contributed by atoms with Gasteiger partial charge in [-0.2, -0.15) is 0 Å². The standard InChI is InChI=1S/C22H36N2O4S/c1-17(28-20-10-7-9-18(15-20)22(2,3)4)21(25)24(13-8-12-23(5)6)19-11-14-29(26,27)16-19/h7,9-10,15,17,19H,8,11-14,16H2,1-6H3. The molecule has 29 heavy (non-hydrogen) atoms. The lowest BCUT2D eigenvalue weighted by molar-refractivity contribution is -0.140. The van der Waals surface area contributed by atoms with E-state index in [2.05, 4.69) is 31.7 Å². The molecule has 1 saturated heterocycles. The van der Waals surface area contributed by atoms with Gasteiger partial charge in [0.2, 0.25) is 0 Å². The van der Waals surface area contributed by atoms with Crippen molar-refractivity contribution in [2.45, 2.75) is 58.1 Å². The SMILES string of the molecule is CC(Oc1cccc(C(C)(C)C)c1)C(=O)N(CCCN(C)C)C1CCS(=O)(=O)C1. The molecule has 1 aromatic rings. The van der Waals surface area contributed by atoms with Crippen LogP contribution in [0, 0.1) is 0 Å². The Morgan fingerprint density at radius 3 is 2.48 bits per heavy atom. The maximum Gasteiger partial charge on any atom is 0.263 e. The maximum atomic E-state index is 13.2. The number of benzene rings is 1. The van der Waals surface area contributed by atoms with Gasteiger partial charge < -0.3 is 14.5 Å². The zero-order chi connectivity index (χ0) is 21.8. The number of hydrogen-bond donors (Lipinski definition) is 0. The van der Waals surface area contributed by atoms with E-state index >= 15 is 0 Å². The molecule has 1 fully saturated rings. The number of nitrogens with zero attached hydrogens (tertiary/aromatic N) is 2. The number of hydrogen-bond acceptors (Lipinski definition) is 5. The molecule has 1 aliphatic heterocycles. The summed E-state index contributed by atoms with van der Waals surface area (Å²) in [6.45, 7) is 9.52. The average molecular weight is 425 g/mol. The van der Waals surface area contributed by atoms with Crippen LogP contribution < -0.4 is 4.74 Å². The third-order valence-corrected chi connectivity index (χ3v) is 7.05. The molecule has 2 rings (SSSR count). The molecule has 164 valence electrons. The first-order chi connectivity index (χ1) is 13.4. The second-order valence-electron chi connectivity index (χ2n) is 9.28. The smallest absolute Gasteiger partial charge is 0.263 e. The first-order valence-electron chi connectivity index (χ1n) is 10.3. The number of rotatable bonds is 8. The van der Waals surface area contributed by atoms with Crippen molar-refractivity contribution in [3.05, 3.63) is 29.8 Å². The van der Waals surface area contributed by atoms with Crippen molar-refractivity contribution in [1.29, 1.82) is 0 Å². The summed E-state index contributed by atoms with van der Waals surface area (Å²) in [6, 6.07) is 7.55. The van der Waals surface area contributed by atoms with E-state index in [-0.39, 0.29) is 28.9 Å². The second kappa shape index (κ2) is 9.47. The highest BCUT2D eigenvalue weighted by atomic mass is 32.2. The van der Waals surface area contributed by atoms with E-state index in [1.54, 1.807) is 11.8 Å². The van der Waals surface area contributed by atoms with E-state index in [0.29, 0.717) is 18.7 Å². The molecule has 2 atom stereocenters. The predicted octanol–water partition coefficient (Wildman–Crippen LogP) is 2.72. The van der Waals surface area contributed by atoms with E-state index in [0.717, 1.165) is 18.5 Å². The Balaban J connectivity index is 2.12. The fourth-order valence-corrected chi connectivity index (χ4v) is 5.31. The van der Waals surface area contributed by atoms with Crippen LogP contribution in [-0.4, -0.2) is 75.0 Å². The lowest BCUT2D eigenvalue weighted by Crippen LogP contribution is -2.48. The Kier molecular flexibility index (Phi) is 7.74. The van der Waals surface area contributed by atoms with E-state index in [9.17, 15) is 13.2 Å². The van der Waals surface area contributed by atoms with Gasteiger partial charge >= 0.3 is 0 Å². The van der Waals surface area contributed by atoms with Crippen LogP contribution in [0.15, 0.2) is 24.3 Å². The maximum absolute atomic E-state index is 13.2. The molecule has 0 aromatic heterocycles. The minimum absolute atomic E-state index is 0.0109. The van der Waals surface area contributed by atoms with Crippen LogP contribution in [0.3, 0.4) is 0 Å². The molecule has 2 unspecified atom stereocenters. The highest BCUT2D eigenvalue weighted by Gasteiger charge is 2.36. The Labute approximate surface area is 176 Å². The minimum atomic E-state index is -3.07. The lowest BCUT2D eigenvalue weighted by atomic mass is 9.87. The van der Waals surface area contributed by atoms with Crippen LogP contribution in [0.1, 0.15) is 46.1 Å². The highest BCUT2D eigenvalue weighted by molar-refractivity contribution is 7.91. The summed E-state index contributed by atoms with van der Waals surface area (Å²) in [5, 5.41) is 0. The fraction of sp³-hybridized carbons (Fsp3) is 0.682. The molecule has 0 N–H and O–H groups in total. The van der Waals surface area contributed by atoms with E-state index in [1.807, 2.05) is 32.3 Å². The molecule has 7 heteroatoms. The van der Waals surface area contributed by atoms with Crippen molar-refractivity contribution < 1.29 is 17.9 Å². The van der Waals surface area contributed by atoms with Crippen LogP contribution in [0.25, 0.3) is 0 Å². The third-order valence-electron chi connectivity index (χ3n) is 5.30. The molecule has 1 aliphatic rings. The number of carbonyl (C=O) groups is 1. The third kappa shape index (κ3) is 7.00. The first-order valence-corrected chi connectivity index (χ1v) is 12.1. The van der Waals surface area contributed by atoms with Crippen molar-refractivity contribution in [2.75, 3.05) is 38.7 Å². The van der Waals surface area contributed by atoms with Gasteiger partial charge in [-0.25, -0.2) is 8.42 Å². The van der Waals surface area contributed by atoms with Crippen LogP contribution >= 0.6 is 0 Å². The Morgan fingerprint density at radius 1 is 1.24 bits per heavy atom. The molecular weight excluding hydrogens is 388 g/mol. The van der Waals surface area contributed by atoms with Gasteiger partial charge in [0, 0.05) is 12.6 Å². The molecule has 0 radical (unpaired) electrons. The topological polar surface area (TPSA) is 66.9 Å². The van der Waals surface area contributed by atoms with E-state index in [1.165, 1.54) is 0 Å². The summed E-state index contributed by atoms with van der Waals surface area (Å²) in [5.41, 5.74) is 1.13. The fourth-order valence-electron chi connectivity index (χ4n) is 3.58. The molecule has 0 bridgehead atoms.